The van der Waals surface area contributed by atoms with Crippen LogP contribution in [0.4, 0.5) is 9.59 Å². The fourth-order valence-corrected chi connectivity index (χ4v) is 5.48. The van der Waals surface area contributed by atoms with Crippen molar-refractivity contribution in [3.05, 3.63) is 68.0 Å². The van der Waals surface area contributed by atoms with E-state index in [0.29, 0.717) is 48.4 Å². The molecule has 0 saturated heterocycles. The molecule has 2 aromatic rings. The summed E-state index contributed by atoms with van der Waals surface area (Å²) >= 11 is 16.3. The van der Waals surface area contributed by atoms with Gasteiger partial charge < -0.3 is 28.7 Å². The van der Waals surface area contributed by atoms with Crippen molar-refractivity contribution in [1.29, 1.82) is 0 Å². The second-order valence-electron chi connectivity index (χ2n) is 14.4. The molecule has 0 unspecified atom stereocenters. The van der Waals surface area contributed by atoms with E-state index >= 15 is 0 Å². The Hall–Kier alpha value is -4.15. The fraction of sp³-hybridized carbons (Fsp3) is 0.611. The molecule has 4 heterocycles. The number of aromatic amines is 1. The number of nitrogens with zero attached hydrogens (tertiary/aromatic N) is 5. The summed E-state index contributed by atoms with van der Waals surface area (Å²) in [5, 5.41) is 0. The molecule has 0 aromatic carbocycles. The Morgan fingerprint density at radius 3 is 1.58 bits per heavy atom. The van der Waals surface area contributed by atoms with Crippen LogP contribution in [0, 0.1) is 0 Å². The van der Waals surface area contributed by atoms with E-state index in [-0.39, 0.29) is 68.0 Å². The minimum atomic E-state index is -0.637. The maximum absolute atomic E-state index is 12.8. The van der Waals surface area contributed by atoms with E-state index in [2.05, 4.69) is 18.1 Å². The predicted molar refractivity (Wildman–Crippen MR) is 209 cm³/mol. The summed E-state index contributed by atoms with van der Waals surface area (Å²) in [6.45, 7) is 23.3. The number of carbonyl (C=O) groups excluding carboxylic acids is 4. The van der Waals surface area contributed by atoms with Gasteiger partial charge in [0.25, 0.3) is 0 Å². The Balaban J connectivity index is 0.000000336. The zero-order chi connectivity index (χ0) is 41.8. The molecule has 308 valence electrons. The van der Waals surface area contributed by atoms with E-state index in [0.717, 1.165) is 5.57 Å². The second kappa shape index (κ2) is 20.7. The van der Waals surface area contributed by atoms with E-state index < -0.39 is 35.3 Å². The van der Waals surface area contributed by atoms with Gasteiger partial charge in [0.1, 0.15) is 11.2 Å². The largest absolute Gasteiger partial charge is 0.461 e. The Labute approximate surface area is 335 Å². The molecular formula is C36H53Cl3N6O10. The molecule has 2 aliphatic heterocycles. The smallest absolute Gasteiger partial charge is 0.410 e. The summed E-state index contributed by atoms with van der Waals surface area (Å²) < 4.78 is 25.0. The number of hydrogen-bond acceptors (Lipinski definition) is 10. The topological polar surface area (TPSA) is 176 Å². The molecule has 1 N–H and O–H groups in total. The maximum Gasteiger partial charge on any atom is 0.410 e. The van der Waals surface area contributed by atoms with Gasteiger partial charge in [0.05, 0.1) is 37.7 Å². The molecule has 2 aromatic heterocycles. The van der Waals surface area contributed by atoms with Crippen LogP contribution in [-0.4, -0.2) is 108 Å². The van der Waals surface area contributed by atoms with Gasteiger partial charge in [-0.05, 0) is 66.5 Å². The Morgan fingerprint density at radius 1 is 0.691 bits per heavy atom. The molecule has 4 rings (SSSR count). The monoisotopic (exact) mass is 834 g/mol. The molecule has 0 spiro atoms. The lowest BCUT2D eigenvalue weighted by Crippen LogP contribution is -2.43. The number of carbonyl (C=O) groups is 4. The molecule has 2 aliphatic rings. The number of esters is 2. The van der Waals surface area contributed by atoms with Gasteiger partial charge in [0.2, 0.25) is 0 Å². The number of aromatic nitrogens is 4. The van der Waals surface area contributed by atoms with Gasteiger partial charge >= 0.3 is 35.5 Å². The van der Waals surface area contributed by atoms with Crippen LogP contribution in [0.5, 0.6) is 0 Å². The number of rotatable bonds is 9. The highest BCUT2D eigenvalue weighted by atomic mass is 35.5. The normalized spacial score (nSPS) is 13.5. The number of H-pyrrole nitrogens is 1. The van der Waals surface area contributed by atoms with Crippen LogP contribution >= 0.6 is 34.8 Å². The Morgan fingerprint density at radius 2 is 1.15 bits per heavy atom. The van der Waals surface area contributed by atoms with Crippen LogP contribution in [0.25, 0.3) is 0 Å². The minimum Gasteiger partial charge on any atom is -0.461 e. The van der Waals surface area contributed by atoms with Crippen LogP contribution in [0.1, 0.15) is 87.8 Å². The third-order valence-corrected chi connectivity index (χ3v) is 8.62. The molecular weight excluding hydrogens is 783 g/mol. The van der Waals surface area contributed by atoms with Crippen molar-refractivity contribution in [1.82, 2.24) is 28.5 Å². The van der Waals surface area contributed by atoms with Crippen molar-refractivity contribution >= 4 is 58.9 Å². The van der Waals surface area contributed by atoms with E-state index in [1.165, 1.54) is 23.5 Å². The van der Waals surface area contributed by atoms with Crippen LogP contribution in [0.3, 0.4) is 0 Å². The Bertz CT molecular complexity index is 1820. The lowest BCUT2D eigenvalue weighted by atomic mass is 10.2. The van der Waals surface area contributed by atoms with Crippen LogP contribution in [0.2, 0.25) is 0 Å². The van der Waals surface area contributed by atoms with Gasteiger partial charge in [-0.1, -0.05) is 13.2 Å². The van der Waals surface area contributed by atoms with Crippen molar-refractivity contribution in [2.24, 2.45) is 0 Å². The number of alkyl halides is 3. The first kappa shape index (κ1) is 47.0. The van der Waals surface area contributed by atoms with Gasteiger partial charge in [-0.25, -0.2) is 28.8 Å². The van der Waals surface area contributed by atoms with Crippen LogP contribution in [0.15, 0.2) is 33.9 Å². The first-order valence-corrected chi connectivity index (χ1v) is 19.2. The highest BCUT2D eigenvalue weighted by molar-refractivity contribution is 6.23. The molecule has 0 atom stereocenters. The third-order valence-electron chi connectivity index (χ3n) is 7.49. The van der Waals surface area contributed by atoms with Crippen molar-refractivity contribution in [3.8, 4) is 0 Å². The first-order chi connectivity index (χ1) is 25.6. The number of hydrogen-bond donors (Lipinski definition) is 1. The predicted octanol–water partition coefficient (Wildman–Crippen LogP) is 5.50. The first-order valence-electron chi connectivity index (χ1n) is 17.6. The number of halogens is 3. The molecule has 0 saturated carbocycles. The fourth-order valence-electron chi connectivity index (χ4n) is 5.11. The summed E-state index contributed by atoms with van der Waals surface area (Å²) in [7, 11) is 0. The van der Waals surface area contributed by atoms with Gasteiger partial charge in [-0.15, -0.1) is 34.8 Å². The Kier molecular flexibility index (Phi) is 17.7. The lowest BCUT2D eigenvalue weighted by molar-refractivity contribution is 0.0186. The highest BCUT2D eigenvalue weighted by Gasteiger charge is 2.34. The summed E-state index contributed by atoms with van der Waals surface area (Å²) in [5.74, 6) is -0.0946. The van der Waals surface area contributed by atoms with Crippen LogP contribution < -0.4 is 11.4 Å². The highest BCUT2D eigenvalue weighted by Crippen LogP contribution is 2.21. The number of allylic oxidation sites excluding steroid dienone is 2. The molecule has 16 nitrogen and oxygen atoms in total. The van der Waals surface area contributed by atoms with E-state index in [1.807, 2.05) is 0 Å². The van der Waals surface area contributed by atoms with E-state index in [9.17, 15) is 28.8 Å². The number of fused-ring (bicyclic) bond motifs is 2. The average molecular weight is 836 g/mol. The summed E-state index contributed by atoms with van der Waals surface area (Å²) in [4.78, 5) is 79.1. The molecule has 55 heavy (non-hydrogen) atoms. The molecule has 2 amide bonds. The van der Waals surface area contributed by atoms with E-state index in [4.69, 9.17) is 53.8 Å². The number of amides is 2. The minimum absolute atomic E-state index is 0.0820. The standard InChI is InChI=1S/C18H26ClN3O5.C14H21N3O5.C4H6Cl2/c1-6-26-15(23)14-13-11-20(17(25)27-18(3,4)5)7-8-21(13)16(24)22(14)10-12(2)9-19;1-5-21-11(18)10-9-8-16(13(20)22-14(2,3)4)6-7-17(9)12(19)15-10;1-4(2-5)3-6/h2,6-11H2,1,3-5H3;5-8H2,1-4H3,(H,15,19);1-3H2. The van der Waals surface area contributed by atoms with E-state index in [1.54, 1.807) is 55.4 Å². The zero-order valence-corrected chi connectivity index (χ0v) is 35.1. The van der Waals surface area contributed by atoms with Crippen molar-refractivity contribution in [2.75, 3.05) is 43.9 Å². The van der Waals surface area contributed by atoms with Gasteiger partial charge in [0.15, 0.2) is 11.4 Å². The summed E-state index contributed by atoms with van der Waals surface area (Å²) in [5.41, 5.74) is 0.609. The third kappa shape index (κ3) is 13.5. The van der Waals surface area contributed by atoms with Crippen molar-refractivity contribution in [2.45, 2.75) is 99.3 Å². The SMILES string of the molecule is C=C(CCl)CCl.C=C(CCl)Cn1c(C(=O)OCC)c2n(c1=O)CCN(C(=O)OC(C)(C)C)C2.CCOC(=O)c1[nH]c(=O)n2c1CN(C(=O)OC(C)(C)C)CC2. The molecule has 0 aliphatic carbocycles. The number of ether oxygens (including phenoxy) is 4. The van der Waals surface area contributed by atoms with Gasteiger partial charge in [-0.3, -0.25) is 18.7 Å². The van der Waals surface area contributed by atoms with Crippen LogP contribution in [-0.2, 0) is 51.7 Å². The summed E-state index contributed by atoms with van der Waals surface area (Å²) in [6.07, 6.45) is -0.962. The van der Waals surface area contributed by atoms with Gasteiger partial charge in [0, 0.05) is 50.4 Å². The average Bonchev–Trinajstić information content (AvgIpc) is 3.59. The van der Waals surface area contributed by atoms with Crippen molar-refractivity contribution < 1.29 is 38.1 Å². The van der Waals surface area contributed by atoms with Crippen molar-refractivity contribution in [3.63, 3.8) is 0 Å². The number of nitrogens with one attached hydrogen (secondary N) is 1. The molecule has 0 fully saturated rings. The zero-order valence-electron chi connectivity index (χ0n) is 32.9. The number of imidazole rings is 2. The molecule has 0 radical (unpaired) electrons. The summed E-state index contributed by atoms with van der Waals surface area (Å²) in [6, 6.07) is 0. The maximum atomic E-state index is 12.8. The lowest BCUT2D eigenvalue weighted by Gasteiger charge is -2.30. The van der Waals surface area contributed by atoms with Gasteiger partial charge in [-0.2, -0.15) is 0 Å². The molecule has 0 bridgehead atoms. The molecule has 19 heteroatoms. The quantitative estimate of drug-likeness (QED) is 0.147. The second-order valence-corrected chi connectivity index (χ2v) is 15.2.